The van der Waals surface area contributed by atoms with E-state index < -0.39 is 0 Å². The Kier molecular flexibility index (Phi) is 4.75. The maximum atomic E-state index is 12.3. The summed E-state index contributed by atoms with van der Waals surface area (Å²) in [6.07, 6.45) is 1.51. The zero-order valence-corrected chi connectivity index (χ0v) is 13.4. The van der Waals surface area contributed by atoms with Gasteiger partial charge in [-0.25, -0.2) is 0 Å². The monoisotopic (exact) mass is 364 g/mol. The van der Waals surface area contributed by atoms with E-state index in [4.69, 9.17) is 0 Å². The molecule has 0 N–H and O–H groups in total. The number of Topliss-reactive ketones (excluding diaryl/α,β-unsaturated/α-hetero) is 1. The van der Waals surface area contributed by atoms with Gasteiger partial charge in [-0.2, -0.15) is 0 Å². The highest BCUT2D eigenvalue weighted by atomic mass is 127. The van der Waals surface area contributed by atoms with Gasteiger partial charge in [0.15, 0.2) is 5.78 Å². The fourth-order valence-corrected chi connectivity index (χ4v) is 2.70. The number of benzene rings is 2. The van der Waals surface area contributed by atoms with Crippen molar-refractivity contribution in [3.8, 4) is 0 Å². The Labute approximate surface area is 128 Å². The number of ketones is 1. The Balaban J connectivity index is 2.18. The summed E-state index contributed by atoms with van der Waals surface area (Å²) >= 11 is 2.25. The molecule has 98 valence electrons. The summed E-state index contributed by atoms with van der Waals surface area (Å²) in [5.41, 5.74) is 4.38. The lowest BCUT2D eigenvalue weighted by Gasteiger charge is -2.07. The SMILES string of the molecule is CCc1ccc(CC(=O)c2cccc(C)c2I)cc1. The highest BCUT2D eigenvalue weighted by molar-refractivity contribution is 14.1. The topological polar surface area (TPSA) is 17.1 Å². The number of carbonyl (C=O) groups excluding carboxylic acids is 1. The zero-order valence-electron chi connectivity index (χ0n) is 11.2. The number of aryl methyl sites for hydroxylation is 2. The minimum Gasteiger partial charge on any atom is -0.294 e. The largest absolute Gasteiger partial charge is 0.294 e. The third-order valence-corrected chi connectivity index (χ3v) is 4.72. The number of halogens is 1. The molecular formula is C17H17IO. The Morgan fingerprint density at radius 3 is 2.32 bits per heavy atom. The first-order valence-corrected chi connectivity index (χ1v) is 7.56. The van der Waals surface area contributed by atoms with Crippen LogP contribution in [-0.4, -0.2) is 5.78 Å². The molecule has 0 saturated carbocycles. The van der Waals surface area contributed by atoms with Crippen molar-refractivity contribution in [2.45, 2.75) is 26.7 Å². The van der Waals surface area contributed by atoms with Crippen LogP contribution in [-0.2, 0) is 12.8 Å². The number of carbonyl (C=O) groups is 1. The summed E-state index contributed by atoms with van der Waals surface area (Å²) in [6, 6.07) is 14.2. The van der Waals surface area contributed by atoms with Gasteiger partial charge in [-0.1, -0.05) is 49.4 Å². The van der Waals surface area contributed by atoms with E-state index in [1.54, 1.807) is 0 Å². The maximum Gasteiger partial charge on any atom is 0.168 e. The van der Waals surface area contributed by atoms with Crippen molar-refractivity contribution in [3.63, 3.8) is 0 Å². The molecule has 0 fully saturated rings. The molecule has 0 aliphatic heterocycles. The predicted octanol–water partition coefficient (Wildman–Crippen LogP) is 4.59. The van der Waals surface area contributed by atoms with Crippen molar-refractivity contribution < 1.29 is 4.79 Å². The van der Waals surface area contributed by atoms with Gasteiger partial charge < -0.3 is 0 Å². The van der Waals surface area contributed by atoms with Crippen molar-refractivity contribution in [3.05, 3.63) is 68.3 Å². The van der Waals surface area contributed by atoms with Crippen LogP contribution in [0.25, 0.3) is 0 Å². The van der Waals surface area contributed by atoms with Crippen LogP contribution in [0.4, 0.5) is 0 Å². The molecule has 0 unspecified atom stereocenters. The normalized spacial score (nSPS) is 10.5. The van der Waals surface area contributed by atoms with Gasteiger partial charge in [0.2, 0.25) is 0 Å². The molecule has 0 aromatic heterocycles. The number of rotatable bonds is 4. The summed E-state index contributed by atoms with van der Waals surface area (Å²) in [7, 11) is 0. The number of hydrogen-bond acceptors (Lipinski definition) is 1. The lowest BCUT2D eigenvalue weighted by Crippen LogP contribution is -2.06. The van der Waals surface area contributed by atoms with Gasteiger partial charge >= 0.3 is 0 Å². The molecule has 0 saturated heterocycles. The van der Waals surface area contributed by atoms with Crippen LogP contribution in [0.2, 0.25) is 0 Å². The molecule has 19 heavy (non-hydrogen) atoms. The quantitative estimate of drug-likeness (QED) is 0.573. The van der Waals surface area contributed by atoms with Crippen molar-refractivity contribution in [1.29, 1.82) is 0 Å². The maximum absolute atomic E-state index is 12.3. The molecule has 0 aliphatic carbocycles. The van der Waals surface area contributed by atoms with E-state index in [0.29, 0.717) is 6.42 Å². The third-order valence-electron chi connectivity index (χ3n) is 3.29. The molecule has 0 radical (unpaired) electrons. The second-order valence-corrected chi connectivity index (χ2v) is 5.79. The second-order valence-electron chi connectivity index (χ2n) is 4.71. The fraction of sp³-hybridized carbons (Fsp3) is 0.235. The van der Waals surface area contributed by atoms with Crippen LogP contribution in [0.3, 0.4) is 0 Å². The molecule has 2 heteroatoms. The van der Waals surface area contributed by atoms with Gasteiger partial charge in [-0.05, 0) is 52.6 Å². The molecule has 2 aromatic rings. The first-order chi connectivity index (χ1) is 9.11. The van der Waals surface area contributed by atoms with Gasteiger partial charge in [0, 0.05) is 15.6 Å². The van der Waals surface area contributed by atoms with Gasteiger partial charge in [0.05, 0.1) is 0 Å². The van der Waals surface area contributed by atoms with E-state index in [1.165, 1.54) is 5.56 Å². The molecule has 0 spiro atoms. The standard InChI is InChI=1S/C17H17IO/c1-3-13-7-9-14(10-8-13)11-16(19)15-6-4-5-12(2)17(15)18/h4-10H,3,11H2,1-2H3. The first-order valence-electron chi connectivity index (χ1n) is 6.48. The van der Waals surface area contributed by atoms with Gasteiger partial charge in [-0.3, -0.25) is 4.79 Å². The zero-order chi connectivity index (χ0) is 13.8. The van der Waals surface area contributed by atoms with E-state index in [0.717, 1.165) is 26.7 Å². The molecular weight excluding hydrogens is 347 g/mol. The third kappa shape index (κ3) is 3.44. The van der Waals surface area contributed by atoms with E-state index in [1.807, 2.05) is 25.1 Å². The number of hydrogen-bond donors (Lipinski definition) is 0. The van der Waals surface area contributed by atoms with Crippen LogP contribution in [0, 0.1) is 10.5 Å². The summed E-state index contributed by atoms with van der Waals surface area (Å²) in [4.78, 5) is 12.3. The van der Waals surface area contributed by atoms with E-state index in [2.05, 4.69) is 53.8 Å². The summed E-state index contributed by atoms with van der Waals surface area (Å²) in [5.74, 6) is 0.192. The van der Waals surface area contributed by atoms with Crippen molar-refractivity contribution >= 4 is 28.4 Å². The van der Waals surface area contributed by atoms with E-state index in [-0.39, 0.29) is 5.78 Å². The highest BCUT2D eigenvalue weighted by Crippen LogP contribution is 2.19. The molecule has 0 atom stereocenters. The van der Waals surface area contributed by atoms with Gasteiger partial charge in [0.1, 0.15) is 0 Å². The van der Waals surface area contributed by atoms with Crippen LogP contribution < -0.4 is 0 Å². The van der Waals surface area contributed by atoms with E-state index >= 15 is 0 Å². The van der Waals surface area contributed by atoms with Gasteiger partial charge in [-0.15, -0.1) is 0 Å². The molecule has 2 aromatic carbocycles. The molecule has 0 amide bonds. The minimum absolute atomic E-state index is 0.192. The predicted molar refractivity (Wildman–Crippen MR) is 87.8 cm³/mol. The molecule has 0 aliphatic rings. The summed E-state index contributed by atoms with van der Waals surface area (Å²) in [5, 5.41) is 0. The molecule has 1 nitrogen and oxygen atoms in total. The first kappa shape index (κ1) is 14.3. The minimum atomic E-state index is 0.192. The molecule has 0 heterocycles. The Hall–Kier alpha value is -1.16. The fourth-order valence-electron chi connectivity index (χ4n) is 2.04. The highest BCUT2D eigenvalue weighted by Gasteiger charge is 2.11. The summed E-state index contributed by atoms with van der Waals surface area (Å²) in [6.45, 7) is 4.17. The Morgan fingerprint density at radius 1 is 1.05 bits per heavy atom. The van der Waals surface area contributed by atoms with Gasteiger partial charge in [0.25, 0.3) is 0 Å². The van der Waals surface area contributed by atoms with Crippen molar-refractivity contribution in [2.24, 2.45) is 0 Å². The lowest BCUT2D eigenvalue weighted by atomic mass is 10.0. The average Bonchev–Trinajstić information content (AvgIpc) is 2.42. The Bertz CT molecular complexity index is 585. The Morgan fingerprint density at radius 2 is 1.68 bits per heavy atom. The van der Waals surface area contributed by atoms with Crippen LogP contribution >= 0.6 is 22.6 Å². The average molecular weight is 364 g/mol. The summed E-state index contributed by atoms with van der Waals surface area (Å²) < 4.78 is 1.07. The van der Waals surface area contributed by atoms with E-state index in [9.17, 15) is 4.79 Å². The molecule has 0 bridgehead atoms. The second kappa shape index (κ2) is 6.33. The van der Waals surface area contributed by atoms with Crippen LogP contribution in [0.5, 0.6) is 0 Å². The van der Waals surface area contributed by atoms with Crippen LogP contribution in [0.1, 0.15) is 34.0 Å². The van der Waals surface area contributed by atoms with Crippen LogP contribution in [0.15, 0.2) is 42.5 Å². The smallest absolute Gasteiger partial charge is 0.168 e. The lowest BCUT2D eigenvalue weighted by molar-refractivity contribution is 0.0992. The van der Waals surface area contributed by atoms with Crippen molar-refractivity contribution in [1.82, 2.24) is 0 Å². The molecule has 2 rings (SSSR count). The van der Waals surface area contributed by atoms with Crippen molar-refractivity contribution in [2.75, 3.05) is 0 Å².